The van der Waals surface area contributed by atoms with Gasteiger partial charge in [0.15, 0.2) is 14.4 Å². The van der Waals surface area contributed by atoms with E-state index in [9.17, 15) is 9.90 Å². The number of carbonyl (C=O) groups excluding carboxylic acids is 1. The zero-order valence-corrected chi connectivity index (χ0v) is 16.1. The molecule has 1 rings (SSSR count). The quantitative estimate of drug-likeness (QED) is 0.608. The molecular formula is C18H30O4Si. The van der Waals surface area contributed by atoms with Crippen molar-refractivity contribution in [2.45, 2.75) is 58.5 Å². The Hall–Kier alpha value is -1.17. The predicted octanol–water partition coefficient (Wildman–Crippen LogP) is 3.75. The van der Waals surface area contributed by atoms with Crippen LogP contribution in [0.4, 0.5) is 0 Å². The molecule has 0 bridgehead atoms. The Kier molecular flexibility index (Phi) is 6.98. The van der Waals surface area contributed by atoms with Gasteiger partial charge in [0, 0.05) is 12.5 Å². The standard InChI is InChI=1S/C18H30O4Si/c1-14(12-22-23(5,6)18(2,3)4)16(19)17(20)21-13-15-10-8-7-9-11-15/h7-11,14,16,19H,12-13H2,1-6H3/t14-,16-/m0/s1. The minimum atomic E-state index is -1.88. The average Bonchev–Trinajstić information content (AvgIpc) is 2.49. The number of rotatable bonds is 7. The number of hydrogen-bond acceptors (Lipinski definition) is 4. The van der Waals surface area contributed by atoms with E-state index >= 15 is 0 Å². The lowest BCUT2D eigenvalue weighted by molar-refractivity contribution is -0.158. The summed E-state index contributed by atoms with van der Waals surface area (Å²) in [5, 5.41) is 10.2. The summed E-state index contributed by atoms with van der Waals surface area (Å²) in [7, 11) is -1.88. The highest BCUT2D eigenvalue weighted by Crippen LogP contribution is 2.36. The Morgan fingerprint density at radius 2 is 1.78 bits per heavy atom. The first-order valence-electron chi connectivity index (χ1n) is 8.07. The first-order valence-corrected chi connectivity index (χ1v) is 11.0. The molecule has 0 saturated heterocycles. The van der Waals surface area contributed by atoms with Crippen molar-refractivity contribution < 1.29 is 19.1 Å². The normalized spacial score (nSPS) is 15.1. The predicted molar refractivity (Wildman–Crippen MR) is 94.6 cm³/mol. The summed E-state index contributed by atoms with van der Waals surface area (Å²) in [6, 6.07) is 9.43. The van der Waals surface area contributed by atoms with Gasteiger partial charge in [0.2, 0.25) is 0 Å². The Balaban J connectivity index is 2.46. The third kappa shape index (κ3) is 6.09. The maximum atomic E-state index is 12.0. The Morgan fingerprint density at radius 1 is 1.22 bits per heavy atom. The Morgan fingerprint density at radius 3 is 2.30 bits per heavy atom. The van der Waals surface area contributed by atoms with Crippen LogP contribution in [0.3, 0.4) is 0 Å². The fraction of sp³-hybridized carbons (Fsp3) is 0.611. The van der Waals surface area contributed by atoms with E-state index < -0.39 is 20.4 Å². The van der Waals surface area contributed by atoms with E-state index in [1.807, 2.05) is 37.3 Å². The van der Waals surface area contributed by atoms with Gasteiger partial charge in [-0.05, 0) is 23.7 Å². The second-order valence-electron chi connectivity index (χ2n) is 7.59. The van der Waals surface area contributed by atoms with Crippen molar-refractivity contribution in [3.8, 4) is 0 Å². The number of benzene rings is 1. The molecule has 0 aliphatic rings. The topological polar surface area (TPSA) is 55.8 Å². The summed E-state index contributed by atoms with van der Waals surface area (Å²) >= 11 is 0. The molecule has 0 amide bonds. The van der Waals surface area contributed by atoms with Gasteiger partial charge < -0.3 is 14.3 Å². The van der Waals surface area contributed by atoms with Crippen molar-refractivity contribution in [1.82, 2.24) is 0 Å². The van der Waals surface area contributed by atoms with Gasteiger partial charge in [0.25, 0.3) is 0 Å². The van der Waals surface area contributed by atoms with Gasteiger partial charge in [0.05, 0.1) is 0 Å². The van der Waals surface area contributed by atoms with Crippen LogP contribution in [0.15, 0.2) is 30.3 Å². The van der Waals surface area contributed by atoms with E-state index in [1.54, 1.807) is 0 Å². The second kappa shape index (κ2) is 8.08. The molecule has 0 unspecified atom stereocenters. The van der Waals surface area contributed by atoms with E-state index in [1.165, 1.54) is 0 Å². The number of aliphatic hydroxyl groups is 1. The third-order valence-electron chi connectivity index (χ3n) is 4.52. The lowest BCUT2D eigenvalue weighted by Gasteiger charge is -2.37. The van der Waals surface area contributed by atoms with Gasteiger partial charge in [-0.3, -0.25) is 0 Å². The fourth-order valence-electron chi connectivity index (χ4n) is 1.69. The van der Waals surface area contributed by atoms with E-state index in [2.05, 4.69) is 33.9 Å². The molecule has 5 heteroatoms. The van der Waals surface area contributed by atoms with Gasteiger partial charge >= 0.3 is 5.97 Å². The van der Waals surface area contributed by atoms with Crippen LogP contribution in [-0.4, -0.2) is 32.1 Å². The van der Waals surface area contributed by atoms with Crippen LogP contribution in [-0.2, 0) is 20.6 Å². The smallest absolute Gasteiger partial charge is 0.335 e. The number of aliphatic hydroxyl groups excluding tert-OH is 1. The highest BCUT2D eigenvalue weighted by Gasteiger charge is 2.38. The van der Waals surface area contributed by atoms with E-state index in [0.717, 1.165) is 5.56 Å². The van der Waals surface area contributed by atoms with Gasteiger partial charge in [-0.1, -0.05) is 58.0 Å². The molecule has 0 fully saturated rings. The molecule has 0 radical (unpaired) electrons. The first-order chi connectivity index (χ1) is 10.5. The number of hydrogen-bond donors (Lipinski definition) is 1. The molecule has 0 aliphatic heterocycles. The van der Waals surface area contributed by atoms with Crippen molar-refractivity contribution >= 4 is 14.3 Å². The molecule has 130 valence electrons. The minimum absolute atomic E-state index is 0.103. The molecular weight excluding hydrogens is 308 g/mol. The van der Waals surface area contributed by atoms with Crippen LogP contribution in [0, 0.1) is 5.92 Å². The molecule has 2 atom stereocenters. The minimum Gasteiger partial charge on any atom is -0.459 e. The highest BCUT2D eigenvalue weighted by molar-refractivity contribution is 6.74. The van der Waals surface area contributed by atoms with Gasteiger partial charge in [0.1, 0.15) is 6.61 Å². The Bertz CT molecular complexity index is 493. The SMILES string of the molecule is C[C@@H](CO[Si](C)(C)C(C)(C)C)[C@H](O)C(=O)OCc1ccccc1. The van der Waals surface area contributed by atoms with Gasteiger partial charge in [-0.15, -0.1) is 0 Å². The number of carbonyl (C=O) groups is 1. The maximum absolute atomic E-state index is 12.0. The molecule has 0 aliphatic carbocycles. The molecule has 0 heterocycles. The molecule has 0 saturated carbocycles. The molecule has 1 aromatic carbocycles. The summed E-state index contributed by atoms with van der Waals surface area (Å²) in [4.78, 5) is 12.0. The lowest BCUT2D eigenvalue weighted by atomic mass is 10.1. The van der Waals surface area contributed by atoms with E-state index in [0.29, 0.717) is 6.61 Å². The average molecular weight is 339 g/mol. The van der Waals surface area contributed by atoms with Gasteiger partial charge in [-0.25, -0.2) is 4.79 Å². The monoisotopic (exact) mass is 338 g/mol. The van der Waals surface area contributed by atoms with Gasteiger partial charge in [-0.2, -0.15) is 0 Å². The second-order valence-corrected chi connectivity index (χ2v) is 12.4. The number of ether oxygens (including phenoxy) is 1. The summed E-state index contributed by atoms with van der Waals surface area (Å²) in [5.74, 6) is -0.896. The third-order valence-corrected chi connectivity index (χ3v) is 9.02. The largest absolute Gasteiger partial charge is 0.459 e. The molecule has 23 heavy (non-hydrogen) atoms. The highest BCUT2D eigenvalue weighted by atomic mass is 28.4. The van der Waals surface area contributed by atoms with Crippen LogP contribution in [0.1, 0.15) is 33.3 Å². The van der Waals surface area contributed by atoms with E-state index in [-0.39, 0.29) is 17.6 Å². The molecule has 1 N–H and O–H groups in total. The van der Waals surface area contributed by atoms with Crippen LogP contribution < -0.4 is 0 Å². The Labute approximate surface area is 140 Å². The molecule has 1 aromatic rings. The summed E-state index contributed by atoms with van der Waals surface area (Å²) in [5.41, 5.74) is 0.901. The fourth-order valence-corrected chi connectivity index (χ4v) is 2.81. The summed E-state index contributed by atoms with van der Waals surface area (Å²) in [6.45, 7) is 13.1. The van der Waals surface area contributed by atoms with E-state index in [4.69, 9.17) is 9.16 Å². The zero-order chi connectivity index (χ0) is 17.7. The van der Waals surface area contributed by atoms with Crippen molar-refractivity contribution in [2.24, 2.45) is 5.92 Å². The zero-order valence-electron chi connectivity index (χ0n) is 15.1. The van der Waals surface area contributed by atoms with Crippen LogP contribution in [0.5, 0.6) is 0 Å². The number of esters is 1. The van der Waals surface area contributed by atoms with Crippen molar-refractivity contribution in [3.05, 3.63) is 35.9 Å². The molecule has 0 aromatic heterocycles. The molecule has 4 nitrogen and oxygen atoms in total. The maximum Gasteiger partial charge on any atom is 0.335 e. The van der Waals surface area contributed by atoms with Crippen molar-refractivity contribution in [2.75, 3.05) is 6.61 Å². The van der Waals surface area contributed by atoms with Crippen LogP contribution in [0.25, 0.3) is 0 Å². The first kappa shape index (κ1) is 19.9. The van der Waals surface area contributed by atoms with Crippen molar-refractivity contribution in [1.29, 1.82) is 0 Å². The van der Waals surface area contributed by atoms with Crippen LogP contribution >= 0.6 is 0 Å². The lowest BCUT2D eigenvalue weighted by Crippen LogP contribution is -2.43. The van der Waals surface area contributed by atoms with Crippen LogP contribution in [0.2, 0.25) is 18.1 Å². The molecule has 0 spiro atoms. The summed E-state index contributed by atoms with van der Waals surface area (Å²) in [6.07, 6.45) is -1.16. The summed E-state index contributed by atoms with van der Waals surface area (Å²) < 4.78 is 11.2. The van der Waals surface area contributed by atoms with Crippen molar-refractivity contribution in [3.63, 3.8) is 0 Å².